The fourth-order valence-electron chi connectivity index (χ4n) is 0.984. The Morgan fingerprint density at radius 1 is 1.11 bits per heavy atom. The molecule has 0 unspecified atom stereocenters. The van der Waals surface area contributed by atoms with Crippen LogP contribution in [0.3, 0.4) is 0 Å². The molecule has 0 radical (unpaired) electrons. The first kappa shape index (κ1) is 7.64. The van der Waals surface area contributed by atoms with Gasteiger partial charge in [0.2, 0.25) is 0 Å². The molecular weight excluding hydrogens is 159 g/mol. The standard InChI is InChI=1S/C6H10Cl2O/c7-1-5-3-9-4-6(5)2-8/h5-6H,1-4H2/t5-,6-/m0/s1. The summed E-state index contributed by atoms with van der Waals surface area (Å²) in [5.41, 5.74) is 0. The van der Waals surface area contributed by atoms with E-state index < -0.39 is 0 Å². The maximum Gasteiger partial charge on any atom is 0.0509 e. The second-order valence-electron chi connectivity index (χ2n) is 2.37. The lowest BCUT2D eigenvalue weighted by Crippen LogP contribution is -2.14. The highest BCUT2D eigenvalue weighted by molar-refractivity contribution is 6.19. The van der Waals surface area contributed by atoms with Crippen LogP contribution in [-0.2, 0) is 4.74 Å². The summed E-state index contributed by atoms with van der Waals surface area (Å²) in [5.74, 6) is 2.34. The maximum absolute atomic E-state index is 5.64. The van der Waals surface area contributed by atoms with Crippen molar-refractivity contribution in [3.05, 3.63) is 0 Å². The van der Waals surface area contributed by atoms with Crippen molar-refractivity contribution >= 4 is 23.2 Å². The van der Waals surface area contributed by atoms with Gasteiger partial charge in [-0.1, -0.05) is 0 Å². The van der Waals surface area contributed by atoms with E-state index in [9.17, 15) is 0 Å². The van der Waals surface area contributed by atoms with E-state index in [1.165, 1.54) is 0 Å². The van der Waals surface area contributed by atoms with Crippen LogP contribution < -0.4 is 0 Å². The molecule has 3 heteroatoms. The van der Waals surface area contributed by atoms with Crippen LogP contribution in [0.1, 0.15) is 0 Å². The molecule has 0 bridgehead atoms. The van der Waals surface area contributed by atoms with Gasteiger partial charge in [-0.3, -0.25) is 0 Å². The summed E-state index contributed by atoms with van der Waals surface area (Å²) in [6.45, 7) is 1.59. The van der Waals surface area contributed by atoms with Crippen LogP contribution in [0.2, 0.25) is 0 Å². The first-order valence-electron chi connectivity index (χ1n) is 3.08. The Morgan fingerprint density at radius 2 is 1.56 bits per heavy atom. The zero-order chi connectivity index (χ0) is 6.69. The summed E-state index contributed by atoms with van der Waals surface area (Å²) in [4.78, 5) is 0. The lowest BCUT2D eigenvalue weighted by atomic mass is 10.0. The number of halogens is 2. The predicted molar refractivity (Wildman–Crippen MR) is 39.2 cm³/mol. The van der Waals surface area contributed by atoms with Gasteiger partial charge in [0, 0.05) is 23.6 Å². The average molecular weight is 169 g/mol. The lowest BCUT2D eigenvalue weighted by molar-refractivity contribution is 0.183. The number of rotatable bonds is 2. The van der Waals surface area contributed by atoms with E-state index in [2.05, 4.69) is 0 Å². The normalized spacial score (nSPS) is 35.3. The molecule has 1 aliphatic heterocycles. The Kier molecular flexibility index (Phi) is 3.10. The highest BCUT2D eigenvalue weighted by Crippen LogP contribution is 2.22. The molecule has 0 aromatic carbocycles. The Morgan fingerprint density at radius 3 is 1.89 bits per heavy atom. The van der Waals surface area contributed by atoms with Gasteiger partial charge in [0.15, 0.2) is 0 Å². The van der Waals surface area contributed by atoms with E-state index in [1.54, 1.807) is 0 Å². The molecular formula is C6H10Cl2O. The average Bonchev–Trinajstić information content (AvgIpc) is 2.33. The quantitative estimate of drug-likeness (QED) is 0.572. The zero-order valence-corrected chi connectivity index (χ0v) is 6.66. The number of hydrogen-bond acceptors (Lipinski definition) is 1. The monoisotopic (exact) mass is 168 g/mol. The maximum atomic E-state index is 5.64. The van der Waals surface area contributed by atoms with Crippen LogP contribution in [0, 0.1) is 11.8 Å². The van der Waals surface area contributed by atoms with E-state index in [1.807, 2.05) is 0 Å². The fourth-order valence-corrected chi connectivity index (χ4v) is 1.67. The van der Waals surface area contributed by atoms with E-state index >= 15 is 0 Å². The first-order valence-corrected chi connectivity index (χ1v) is 4.15. The van der Waals surface area contributed by atoms with Crippen molar-refractivity contribution in [3.8, 4) is 0 Å². The molecule has 1 rings (SSSR count). The molecule has 1 saturated heterocycles. The zero-order valence-electron chi connectivity index (χ0n) is 5.15. The molecule has 54 valence electrons. The number of hydrogen-bond donors (Lipinski definition) is 0. The minimum absolute atomic E-state index is 0.490. The van der Waals surface area contributed by atoms with Crippen LogP contribution in [0.4, 0.5) is 0 Å². The highest BCUT2D eigenvalue weighted by Gasteiger charge is 2.26. The Balaban J connectivity index is 2.32. The van der Waals surface area contributed by atoms with Crippen LogP contribution >= 0.6 is 23.2 Å². The third-order valence-corrected chi connectivity index (χ3v) is 2.52. The van der Waals surface area contributed by atoms with Crippen molar-refractivity contribution < 1.29 is 4.74 Å². The van der Waals surface area contributed by atoms with Gasteiger partial charge in [-0.05, 0) is 0 Å². The Labute approximate surface area is 65.3 Å². The smallest absolute Gasteiger partial charge is 0.0509 e. The van der Waals surface area contributed by atoms with Crippen molar-refractivity contribution in [3.63, 3.8) is 0 Å². The SMILES string of the molecule is ClC[C@H]1COC[C@@H]1CCl. The summed E-state index contributed by atoms with van der Waals surface area (Å²) in [7, 11) is 0. The summed E-state index contributed by atoms with van der Waals surface area (Å²) in [5, 5.41) is 0. The van der Waals surface area contributed by atoms with Gasteiger partial charge in [-0.2, -0.15) is 0 Å². The van der Waals surface area contributed by atoms with Gasteiger partial charge in [-0.25, -0.2) is 0 Å². The van der Waals surface area contributed by atoms with Crippen LogP contribution in [0.5, 0.6) is 0 Å². The molecule has 2 atom stereocenters. The summed E-state index contributed by atoms with van der Waals surface area (Å²) < 4.78 is 5.18. The Hall–Kier alpha value is 0.540. The summed E-state index contributed by atoms with van der Waals surface area (Å²) in [6, 6.07) is 0. The van der Waals surface area contributed by atoms with E-state index in [0.29, 0.717) is 23.6 Å². The van der Waals surface area contributed by atoms with Gasteiger partial charge < -0.3 is 4.74 Å². The molecule has 0 N–H and O–H groups in total. The Bertz CT molecular complexity index is 77.1. The second kappa shape index (κ2) is 3.65. The third-order valence-electron chi connectivity index (χ3n) is 1.73. The van der Waals surface area contributed by atoms with E-state index in [-0.39, 0.29) is 0 Å². The summed E-state index contributed by atoms with van der Waals surface area (Å²) >= 11 is 11.3. The molecule has 0 amide bonds. The van der Waals surface area contributed by atoms with Crippen molar-refractivity contribution in [2.75, 3.05) is 25.0 Å². The van der Waals surface area contributed by atoms with Crippen molar-refractivity contribution in [2.24, 2.45) is 11.8 Å². The summed E-state index contributed by atoms with van der Waals surface area (Å²) in [6.07, 6.45) is 0. The topological polar surface area (TPSA) is 9.23 Å². The third kappa shape index (κ3) is 1.73. The molecule has 1 nitrogen and oxygen atoms in total. The molecule has 0 aromatic rings. The minimum atomic E-state index is 0.490. The first-order chi connectivity index (χ1) is 4.38. The van der Waals surface area contributed by atoms with Crippen molar-refractivity contribution in [2.45, 2.75) is 0 Å². The second-order valence-corrected chi connectivity index (χ2v) is 2.98. The van der Waals surface area contributed by atoms with Gasteiger partial charge in [0.05, 0.1) is 13.2 Å². The van der Waals surface area contributed by atoms with Gasteiger partial charge in [-0.15, -0.1) is 23.2 Å². The fraction of sp³-hybridized carbons (Fsp3) is 1.00. The minimum Gasteiger partial charge on any atom is -0.381 e. The van der Waals surface area contributed by atoms with E-state index in [0.717, 1.165) is 13.2 Å². The van der Waals surface area contributed by atoms with Crippen LogP contribution in [-0.4, -0.2) is 25.0 Å². The lowest BCUT2D eigenvalue weighted by Gasteiger charge is -2.09. The van der Waals surface area contributed by atoms with Gasteiger partial charge in [0.1, 0.15) is 0 Å². The van der Waals surface area contributed by atoms with E-state index in [4.69, 9.17) is 27.9 Å². The number of ether oxygens (including phenoxy) is 1. The molecule has 1 heterocycles. The van der Waals surface area contributed by atoms with Crippen LogP contribution in [0.25, 0.3) is 0 Å². The molecule has 0 aliphatic carbocycles. The predicted octanol–water partition coefficient (Wildman–Crippen LogP) is 1.73. The molecule has 9 heavy (non-hydrogen) atoms. The van der Waals surface area contributed by atoms with Crippen molar-refractivity contribution in [1.29, 1.82) is 0 Å². The molecule has 0 saturated carbocycles. The van der Waals surface area contributed by atoms with Crippen molar-refractivity contribution in [1.82, 2.24) is 0 Å². The van der Waals surface area contributed by atoms with Crippen LogP contribution in [0.15, 0.2) is 0 Å². The highest BCUT2D eigenvalue weighted by atomic mass is 35.5. The molecule has 1 fully saturated rings. The molecule has 1 aliphatic rings. The molecule has 0 spiro atoms. The molecule has 0 aromatic heterocycles. The van der Waals surface area contributed by atoms with Gasteiger partial charge in [0.25, 0.3) is 0 Å². The van der Waals surface area contributed by atoms with Gasteiger partial charge >= 0.3 is 0 Å². The largest absolute Gasteiger partial charge is 0.381 e. The number of alkyl halides is 2.